The molecule has 0 spiro atoms. The highest BCUT2D eigenvalue weighted by Gasteiger charge is 2.21. The molecule has 0 saturated heterocycles. The zero-order chi connectivity index (χ0) is 19.7. The van der Waals surface area contributed by atoms with E-state index in [-0.39, 0.29) is 18.6 Å². The second-order valence-corrected chi connectivity index (χ2v) is 7.63. The fourth-order valence-corrected chi connectivity index (χ4v) is 4.48. The summed E-state index contributed by atoms with van der Waals surface area (Å²) in [5.74, 6) is -1.32. The first-order valence-corrected chi connectivity index (χ1v) is 9.65. The first-order chi connectivity index (χ1) is 13.5. The number of nitrogens with zero attached hydrogens (tertiary/aromatic N) is 2. The van der Waals surface area contributed by atoms with Gasteiger partial charge in [0.2, 0.25) is 11.8 Å². The average Bonchev–Trinajstić information content (AvgIpc) is 3.25. The van der Waals surface area contributed by atoms with Crippen LogP contribution in [0.3, 0.4) is 0 Å². The average molecular weight is 400 g/mol. The lowest BCUT2D eigenvalue weighted by atomic mass is 10.2. The van der Waals surface area contributed by atoms with E-state index in [1.165, 1.54) is 40.0 Å². The minimum Gasteiger partial charge on any atom is -0.345 e. The topological polar surface area (TPSA) is 93.1 Å². The molecule has 4 rings (SSSR count). The minimum atomic E-state index is -0.468. The number of fused-ring (bicyclic) bond motifs is 3. The van der Waals surface area contributed by atoms with Gasteiger partial charge in [0.25, 0.3) is 5.56 Å². The zero-order valence-corrected chi connectivity index (χ0v) is 15.6. The molecule has 3 aromatic rings. The number of halogens is 1. The van der Waals surface area contributed by atoms with E-state index in [1.807, 2.05) is 0 Å². The van der Waals surface area contributed by atoms with Gasteiger partial charge in [-0.3, -0.25) is 19.0 Å². The number of aromatic nitrogens is 2. The van der Waals surface area contributed by atoms with Gasteiger partial charge < -0.3 is 10.6 Å². The van der Waals surface area contributed by atoms with E-state index >= 15 is 0 Å². The molecule has 0 radical (unpaired) electrons. The number of anilines is 1. The Bertz CT molecular complexity index is 1120. The Kier molecular flexibility index (Phi) is 4.91. The van der Waals surface area contributed by atoms with Crippen LogP contribution >= 0.6 is 11.3 Å². The van der Waals surface area contributed by atoms with Gasteiger partial charge in [-0.05, 0) is 49.1 Å². The summed E-state index contributed by atoms with van der Waals surface area (Å²) in [4.78, 5) is 43.0. The normalized spacial score (nSPS) is 12.8. The van der Waals surface area contributed by atoms with Crippen LogP contribution in [0.4, 0.5) is 10.1 Å². The fraction of sp³-hybridized carbons (Fsp3) is 0.263. The van der Waals surface area contributed by atoms with E-state index in [4.69, 9.17) is 0 Å². The number of carbonyl (C=O) groups excluding carboxylic acids is 2. The molecule has 1 aliphatic carbocycles. The van der Waals surface area contributed by atoms with Crippen LogP contribution in [0.25, 0.3) is 10.2 Å². The van der Waals surface area contributed by atoms with Gasteiger partial charge in [0, 0.05) is 10.6 Å². The Balaban J connectivity index is 1.38. The first-order valence-electron chi connectivity index (χ1n) is 8.83. The van der Waals surface area contributed by atoms with E-state index in [9.17, 15) is 18.8 Å². The zero-order valence-electron chi connectivity index (χ0n) is 14.8. The number of thiophene rings is 1. The molecule has 0 atom stereocenters. The molecule has 2 heterocycles. The maximum Gasteiger partial charge on any atom is 0.262 e. The smallest absolute Gasteiger partial charge is 0.262 e. The highest BCUT2D eigenvalue weighted by atomic mass is 32.1. The van der Waals surface area contributed by atoms with E-state index in [1.54, 1.807) is 11.3 Å². The van der Waals surface area contributed by atoms with Crippen molar-refractivity contribution in [3.63, 3.8) is 0 Å². The Morgan fingerprint density at radius 1 is 1.18 bits per heavy atom. The molecule has 0 saturated carbocycles. The fourth-order valence-electron chi connectivity index (χ4n) is 3.26. The molecular formula is C19H17FN4O3S. The number of benzene rings is 1. The van der Waals surface area contributed by atoms with Crippen molar-refractivity contribution < 1.29 is 14.0 Å². The maximum atomic E-state index is 12.9. The van der Waals surface area contributed by atoms with E-state index in [0.717, 1.165) is 24.8 Å². The van der Waals surface area contributed by atoms with Crippen molar-refractivity contribution in [2.24, 2.45) is 0 Å². The number of hydrogen-bond donors (Lipinski definition) is 2. The predicted molar refractivity (Wildman–Crippen MR) is 104 cm³/mol. The summed E-state index contributed by atoms with van der Waals surface area (Å²) in [6.45, 7) is -0.468. The molecule has 0 bridgehead atoms. The summed E-state index contributed by atoms with van der Waals surface area (Å²) in [5, 5.41) is 5.64. The van der Waals surface area contributed by atoms with Gasteiger partial charge in [-0.25, -0.2) is 9.37 Å². The van der Waals surface area contributed by atoms with Gasteiger partial charge in [-0.1, -0.05) is 0 Å². The molecule has 0 fully saturated rings. The monoisotopic (exact) mass is 400 g/mol. The lowest BCUT2D eigenvalue weighted by Gasteiger charge is -2.08. The van der Waals surface area contributed by atoms with Crippen molar-refractivity contribution in [2.45, 2.75) is 25.8 Å². The summed E-state index contributed by atoms with van der Waals surface area (Å²) >= 11 is 1.54. The quantitative estimate of drug-likeness (QED) is 0.684. The van der Waals surface area contributed by atoms with Crippen LogP contribution in [0, 0.1) is 5.82 Å². The van der Waals surface area contributed by atoms with Crippen LogP contribution in [0.1, 0.15) is 16.9 Å². The largest absolute Gasteiger partial charge is 0.345 e. The molecule has 28 heavy (non-hydrogen) atoms. The van der Waals surface area contributed by atoms with Crippen molar-refractivity contribution in [3.8, 4) is 0 Å². The number of rotatable bonds is 5. The van der Waals surface area contributed by atoms with Gasteiger partial charge in [-0.2, -0.15) is 0 Å². The van der Waals surface area contributed by atoms with Crippen LogP contribution in [-0.4, -0.2) is 27.9 Å². The van der Waals surface area contributed by atoms with Crippen LogP contribution in [0.2, 0.25) is 0 Å². The maximum absolute atomic E-state index is 12.9. The van der Waals surface area contributed by atoms with Crippen molar-refractivity contribution in [2.75, 3.05) is 11.9 Å². The molecule has 9 heteroatoms. The summed E-state index contributed by atoms with van der Waals surface area (Å²) in [6, 6.07) is 5.31. The van der Waals surface area contributed by atoms with E-state index < -0.39 is 17.6 Å². The lowest BCUT2D eigenvalue weighted by molar-refractivity contribution is -0.124. The molecular weight excluding hydrogens is 383 g/mol. The van der Waals surface area contributed by atoms with Gasteiger partial charge in [-0.15, -0.1) is 11.3 Å². The van der Waals surface area contributed by atoms with Crippen LogP contribution in [0.5, 0.6) is 0 Å². The highest BCUT2D eigenvalue weighted by molar-refractivity contribution is 7.18. The van der Waals surface area contributed by atoms with Crippen LogP contribution in [-0.2, 0) is 29.0 Å². The standard InChI is InChI=1S/C19H17FN4O3S/c20-11-4-6-12(7-5-11)23-15(25)8-21-16(26)9-24-10-22-18-17(19(24)27)13-2-1-3-14(13)28-18/h4-7,10H,1-3,8-9H2,(H,21,26)(H,23,25). The van der Waals surface area contributed by atoms with E-state index in [0.29, 0.717) is 15.9 Å². The molecule has 1 aromatic carbocycles. The summed E-state index contributed by atoms with van der Waals surface area (Å²) in [7, 11) is 0. The second kappa shape index (κ2) is 7.51. The Hall–Kier alpha value is -3.07. The van der Waals surface area contributed by atoms with Crippen molar-refractivity contribution >= 4 is 39.1 Å². The number of aryl methyl sites for hydroxylation is 2. The van der Waals surface area contributed by atoms with Crippen molar-refractivity contribution in [1.82, 2.24) is 14.9 Å². The summed E-state index contributed by atoms with van der Waals surface area (Å²) in [6.07, 6.45) is 4.25. The molecule has 0 aliphatic heterocycles. The summed E-state index contributed by atoms with van der Waals surface area (Å²) < 4.78 is 14.1. The molecule has 2 aromatic heterocycles. The molecule has 2 amide bonds. The first kappa shape index (κ1) is 18.3. The van der Waals surface area contributed by atoms with Crippen molar-refractivity contribution in [3.05, 3.63) is 57.2 Å². The summed E-state index contributed by atoms with van der Waals surface area (Å²) in [5.41, 5.74) is 1.26. The highest BCUT2D eigenvalue weighted by Crippen LogP contribution is 2.34. The third kappa shape index (κ3) is 3.65. The van der Waals surface area contributed by atoms with Gasteiger partial charge in [0.15, 0.2) is 0 Å². The van der Waals surface area contributed by atoms with Crippen LogP contribution in [0.15, 0.2) is 35.4 Å². The Morgan fingerprint density at radius 2 is 1.96 bits per heavy atom. The number of amides is 2. The Labute approximate surface area is 163 Å². The lowest BCUT2D eigenvalue weighted by Crippen LogP contribution is -2.37. The number of hydrogen-bond acceptors (Lipinski definition) is 5. The molecule has 144 valence electrons. The number of carbonyl (C=O) groups is 2. The van der Waals surface area contributed by atoms with Gasteiger partial charge >= 0.3 is 0 Å². The SMILES string of the molecule is O=C(Cn1cnc2sc3c(c2c1=O)CCC3)NCC(=O)Nc1ccc(F)cc1. The second-order valence-electron chi connectivity index (χ2n) is 6.55. The molecule has 2 N–H and O–H groups in total. The van der Waals surface area contributed by atoms with Gasteiger partial charge in [0.1, 0.15) is 17.2 Å². The van der Waals surface area contributed by atoms with Crippen molar-refractivity contribution in [1.29, 1.82) is 0 Å². The third-order valence-corrected chi connectivity index (χ3v) is 5.78. The Morgan fingerprint density at radius 3 is 2.75 bits per heavy atom. The molecule has 1 aliphatic rings. The van der Waals surface area contributed by atoms with Gasteiger partial charge in [0.05, 0.1) is 18.3 Å². The minimum absolute atomic E-state index is 0.212. The number of nitrogens with one attached hydrogen (secondary N) is 2. The third-order valence-electron chi connectivity index (χ3n) is 4.58. The molecule has 0 unspecified atom stereocenters. The predicted octanol–water partition coefficient (Wildman–Crippen LogP) is 1.84. The van der Waals surface area contributed by atoms with Crippen LogP contribution < -0.4 is 16.2 Å². The van der Waals surface area contributed by atoms with E-state index in [2.05, 4.69) is 15.6 Å². The molecule has 7 nitrogen and oxygen atoms in total.